The summed E-state index contributed by atoms with van der Waals surface area (Å²) in [5.74, 6) is 1.15. The van der Waals surface area contributed by atoms with Crippen LogP contribution >= 0.6 is 0 Å². The molecule has 0 fully saturated rings. The number of para-hydroxylation sites is 3. The Balaban J connectivity index is 0.00000625. The molecule has 2 aromatic heterocycles. The third-order valence-corrected chi connectivity index (χ3v) is 11.1. The predicted molar refractivity (Wildman–Crippen MR) is 250 cm³/mol. The smallest absolute Gasteiger partial charge is 0.135 e. The van der Waals surface area contributed by atoms with Gasteiger partial charge < -0.3 is 19.1 Å². The molecule has 1 aliphatic rings. The standard InChI is InChI=1S/C55H53N4O.Pt/c1-36-28-52(56-34-47(36)37-22-24-38(25-23-37)53(2,3)4)59-48-19-12-11-18-45(48)46-27-26-44(33-51(46)59)60-43-17-15-16-41(32-43)57-35-58(50-21-14-13-20-49(50)57)42-30-39(54(5,6)7)29-40(31-42)55(8,9)10;/h11-31,34-35H,1-10H3;/q-3;/i1D3,22D,23D,24D,25D;. The molecule has 0 N–H and O–H groups in total. The van der Waals surface area contributed by atoms with Crippen LogP contribution in [0.3, 0.4) is 0 Å². The normalized spacial score (nSPS) is 15.0. The average molecular weight is 988 g/mol. The molecule has 0 radical (unpaired) electrons. The van der Waals surface area contributed by atoms with E-state index in [1.807, 2.05) is 86.0 Å². The molecule has 3 heterocycles. The molecular formula is C55H53N4OPt-3. The fourth-order valence-corrected chi connectivity index (χ4v) is 7.64. The molecule has 6 aromatic carbocycles. The van der Waals surface area contributed by atoms with E-state index in [2.05, 4.69) is 107 Å². The van der Waals surface area contributed by atoms with E-state index in [0.29, 0.717) is 17.0 Å². The minimum Gasteiger partial charge on any atom is -0.509 e. The van der Waals surface area contributed by atoms with Gasteiger partial charge in [0.2, 0.25) is 0 Å². The number of aryl methyl sites for hydroxylation is 1. The van der Waals surface area contributed by atoms with E-state index >= 15 is 0 Å². The van der Waals surface area contributed by atoms with E-state index in [1.54, 1.807) is 0 Å². The largest absolute Gasteiger partial charge is 0.509 e. The van der Waals surface area contributed by atoms with E-state index in [0.717, 1.165) is 39.0 Å². The van der Waals surface area contributed by atoms with Gasteiger partial charge in [0.25, 0.3) is 0 Å². The first-order valence-electron chi connectivity index (χ1n) is 23.9. The Morgan fingerprint density at radius 3 is 1.95 bits per heavy atom. The number of nitrogens with zero attached hydrogens (tertiary/aromatic N) is 4. The van der Waals surface area contributed by atoms with Crippen molar-refractivity contribution in [2.45, 2.75) is 85.4 Å². The van der Waals surface area contributed by atoms with Crippen molar-refractivity contribution in [1.82, 2.24) is 9.55 Å². The van der Waals surface area contributed by atoms with Gasteiger partial charge in [0, 0.05) is 71.0 Å². The maximum atomic E-state index is 8.97. The number of benzene rings is 6. The molecule has 6 heteroatoms. The van der Waals surface area contributed by atoms with Gasteiger partial charge in [0.05, 0.1) is 5.48 Å². The van der Waals surface area contributed by atoms with Gasteiger partial charge in [-0.2, -0.15) is 12.1 Å². The van der Waals surface area contributed by atoms with Crippen LogP contribution in [0.25, 0.3) is 38.8 Å². The Morgan fingerprint density at radius 2 is 1.28 bits per heavy atom. The molecule has 0 saturated carbocycles. The molecule has 5 nitrogen and oxygen atoms in total. The number of aromatic nitrogens is 2. The molecule has 0 atom stereocenters. The Bertz CT molecular complexity index is 3210. The molecule has 8 aromatic rings. The predicted octanol–water partition coefficient (Wildman–Crippen LogP) is 14.8. The van der Waals surface area contributed by atoms with Crippen LogP contribution in [0.4, 0.5) is 22.7 Å². The van der Waals surface area contributed by atoms with Crippen molar-refractivity contribution >= 4 is 44.6 Å². The number of hydrogen-bond acceptors (Lipinski definition) is 4. The van der Waals surface area contributed by atoms with Crippen LogP contribution in [0.15, 0.2) is 133 Å². The minimum atomic E-state index is -2.70. The van der Waals surface area contributed by atoms with Crippen molar-refractivity contribution in [2.24, 2.45) is 0 Å². The fourth-order valence-electron chi connectivity index (χ4n) is 7.64. The second kappa shape index (κ2) is 15.7. The molecule has 312 valence electrons. The summed E-state index contributed by atoms with van der Waals surface area (Å²) >= 11 is 0. The van der Waals surface area contributed by atoms with Gasteiger partial charge in [-0.25, -0.2) is 4.98 Å². The van der Waals surface area contributed by atoms with Crippen molar-refractivity contribution in [2.75, 3.05) is 9.80 Å². The van der Waals surface area contributed by atoms with Crippen LogP contribution < -0.4 is 14.5 Å². The Morgan fingerprint density at radius 1 is 0.639 bits per heavy atom. The van der Waals surface area contributed by atoms with E-state index in [1.165, 1.54) is 23.4 Å². The number of rotatable bonds is 6. The number of pyridine rings is 1. The summed E-state index contributed by atoms with van der Waals surface area (Å²) in [4.78, 5) is 9.13. The van der Waals surface area contributed by atoms with Gasteiger partial charge in [0.1, 0.15) is 5.82 Å². The number of ether oxygens (including phenoxy) is 1. The van der Waals surface area contributed by atoms with Crippen molar-refractivity contribution in [3.8, 4) is 28.4 Å². The molecule has 1 aliphatic heterocycles. The zero-order valence-corrected chi connectivity index (χ0v) is 38.3. The van der Waals surface area contributed by atoms with Crippen LogP contribution in [-0.4, -0.2) is 9.55 Å². The molecule has 0 saturated heterocycles. The second-order valence-electron chi connectivity index (χ2n) is 18.6. The molecular weight excluding hydrogens is 928 g/mol. The summed E-state index contributed by atoms with van der Waals surface area (Å²) in [5, 5.41) is 1.73. The van der Waals surface area contributed by atoms with Crippen LogP contribution in [0.1, 0.15) is 94.2 Å². The monoisotopic (exact) mass is 987 g/mol. The molecule has 0 bridgehead atoms. The quantitative estimate of drug-likeness (QED) is 0.155. The first-order chi connectivity index (χ1) is 31.4. The van der Waals surface area contributed by atoms with Gasteiger partial charge >= 0.3 is 0 Å². The molecule has 0 unspecified atom stereocenters. The second-order valence-corrected chi connectivity index (χ2v) is 18.6. The third-order valence-electron chi connectivity index (χ3n) is 11.1. The molecule has 0 amide bonds. The van der Waals surface area contributed by atoms with Gasteiger partial charge in [0.15, 0.2) is 0 Å². The Labute approximate surface area is 386 Å². The van der Waals surface area contributed by atoms with Gasteiger partial charge in [-0.1, -0.05) is 128 Å². The first-order valence-corrected chi connectivity index (χ1v) is 20.4. The van der Waals surface area contributed by atoms with Crippen LogP contribution in [0.5, 0.6) is 11.5 Å². The summed E-state index contributed by atoms with van der Waals surface area (Å²) in [6, 6.07) is 39.9. The molecule has 9 rings (SSSR count). The van der Waals surface area contributed by atoms with Crippen molar-refractivity contribution in [3.05, 3.63) is 175 Å². The summed E-state index contributed by atoms with van der Waals surface area (Å²) in [6.45, 7) is 18.3. The van der Waals surface area contributed by atoms with E-state index in [9.17, 15) is 0 Å². The van der Waals surface area contributed by atoms with Gasteiger partial charge in [-0.05, 0) is 92.7 Å². The number of fused-ring (bicyclic) bond motifs is 4. The zero-order chi connectivity index (χ0) is 48.1. The molecule has 0 aliphatic carbocycles. The van der Waals surface area contributed by atoms with Crippen LogP contribution in [0, 0.1) is 25.7 Å². The summed E-state index contributed by atoms with van der Waals surface area (Å²) in [6.07, 6.45) is 1.35. The molecule has 0 spiro atoms. The summed E-state index contributed by atoms with van der Waals surface area (Å²) in [5.41, 5.74) is 7.01. The first kappa shape index (κ1) is 34.0. The fraction of sp³-hybridized carbons (Fsp3) is 0.236. The van der Waals surface area contributed by atoms with Crippen molar-refractivity contribution in [1.29, 1.82) is 0 Å². The minimum absolute atomic E-state index is 0. The maximum Gasteiger partial charge on any atom is 0.135 e. The van der Waals surface area contributed by atoms with E-state index in [-0.39, 0.29) is 84.1 Å². The SMILES string of the molecule is [2H]c1c([2H])c(C(C)(C)C)c([2H])c([2H])c1-c1cnc(-n2c3[c-]c(Oc4[c-]c(N5[CH-]N(c6cc(C(C)(C)C)cc(C(C)(C)C)c6)c6ccccc65)ccc4)ccc3c3ccccc32)cc1C([2H])([2H])[2H].[Pt]. The number of anilines is 4. The van der Waals surface area contributed by atoms with Crippen LogP contribution in [0.2, 0.25) is 0 Å². The topological polar surface area (TPSA) is 33.5 Å². The third kappa shape index (κ3) is 8.01. The van der Waals surface area contributed by atoms with Crippen molar-refractivity contribution < 1.29 is 35.4 Å². The summed E-state index contributed by atoms with van der Waals surface area (Å²) < 4.78 is 69.9. The van der Waals surface area contributed by atoms with Crippen molar-refractivity contribution in [3.63, 3.8) is 0 Å². The molecule has 61 heavy (non-hydrogen) atoms. The Hall–Kier alpha value is -5.64. The van der Waals surface area contributed by atoms with Crippen LogP contribution in [-0.2, 0) is 37.3 Å². The Kier molecular flexibility index (Phi) is 8.74. The maximum absolute atomic E-state index is 8.97. The van der Waals surface area contributed by atoms with E-state index in [4.69, 9.17) is 19.3 Å². The number of hydrogen-bond donors (Lipinski definition) is 0. The van der Waals surface area contributed by atoms with Gasteiger partial charge in [-0.15, -0.1) is 48.1 Å². The van der Waals surface area contributed by atoms with Gasteiger partial charge in [-0.3, -0.25) is 0 Å². The zero-order valence-electron chi connectivity index (χ0n) is 43.0. The average Bonchev–Trinajstić information content (AvgIpc) is 3.81. The van der Waals surface area contributed by atoms with E-state index < -0.39 is 12.3 Å². The summed E-state index contributed by atoms with van der Waals surface area (Å²) in [7, 11) is 0.